The minimum absolute atomic E-state index is 0.000808. The summed E-state index contributed by atoms with van der Waals surface area (Å²) < 4.78 is 11.6. The summed E-state index contributed by atoms with van der Waals surface area (Å²) in [5.74, 6) is 0.0878. The summed E-state index contributed by atoms with van der Waals surface area (Å²) in [6, 6.07) is 17.5. The molecule has 4 nitrogen and oxygen atoms in total. The average molecular weight is 397 g/mol. The molecule has 0 aliphatic rings. The lowest BCUT2D eigenvalue weighted by Crippen LogP contribution is -2.16. The Morgan fingerprint density at radius 2 is 1.89 bits per heavy atom. The van der Waals surface area contributed by atoms with E-state index in [1.807, 2.05) is 35.7 Å². The zero-order valence-corrected chi connectivity index (χ0v) is 15.5. The van der Waals surface area contributed by atoms with Crippen LogP contribution in [0.5, 0.6) is 5.75 Å². The number of hydrogen-bond acceptors (Lipinski definition) is 5. The number of rotatable bonds is 5. The minimum Gasteiger partial charge on any atom is -0.478 e. The normalized spacial score (nSPS) is 10.9. The van der Waals surface area contributed by atoms with Crippen LogP contribution in [-0.2, 0) is 0 Å². The first-order valence-corrected chi connectivity index (χ1v) is 9.40. The molecule has 4 rings (SSSR count). The number of benzene rings is 2. The fraction of sp³-hybridized carbons (Fsp3) is 0.0476. The predicted octanol–water partition coefficient (Wildman–Crippen LogP) is 5.44. The van der Waals surface area contributed by atoms with Crippen LogP contribution >= 0.6 is 22.9 Å². The highest BCUT2D eigenvalue weighted by Gasteiger charge is 2.19. The van der Waals surface area contributed by atoms with Crippen molar-refractivity contribution in [1.82, 2.24) is 0 Å². The van der Waals surface area contributed by atoms with Gasteiger partial charge in [-0.05, 0) is 29.6 Å². The minimum atomic E-state index is -0.364. The molecule has 2 aromatic heterocycles. The van der Waals surface area contributed by atoms with Crippen molar-refractivity contribution in [2.24, 2.45) is 0 Å². The number of fused-ring (bicyclic) bond motifs is 1. The first-order chi connectivity index (χ1) is 13.1. The molecule has 0 aliphatic carbocycles. The zero-order chi connectivity index (χ0) is 18.8. The van der Waals surface area contributed by atoms with E-state index in [-0.39, 0.29) is 29.3 Å². The number of ether oxygens (including phenoxy) is 1. The molecule has 0 saturated heterocycles. The molecule has 0 aliphatic heterocycles. The second-order valence-electron chi connectivity index (χ2n) is 5.79. The number of carbonyl (C=O) groups is 1. The van der Waals surface area contributed by atoms with Gasteiger partial charge >= 0.3 is 0 Å². The lowest BCUT2D eigenvalue weighted by atomic mass is 10.1. The first-order valence-electron chi connectivity index (χ1n) is 8.15. The molecule has 0 unspecified atom stereocenters. The largest absolute Gasteiger partial charge is 0.478 e. The SMILES string of the molecule is O=C(COc1c(-c2ccccc2)oc2ccc(Cl)cc2c1=O)c1cccs1. The second-order valence-corrected chi connectivity index (χ2v) is 7.17. The Morgan fingerprint density at radius 1 is 1.07 bits per heavy atom. The monoisotopic (exact) mass is 396 g/mol. The average Bonchev–Trinajstić information content (AvgIpc) is 3.23. The maximum Gasteiger partial charge on any atom is 0.235 e. The zero-order valence-electron chi connectivity index (χ0n) is 14.0. The van der Waals surface area contributed by atoms with Gasteiger partial charge < -0.3 is 9.15 Å². The molecule has 4 aromatic rings. The predicted molar refractivity (Wildman–Crippen MR) is 107 cm³/mol. The topological polar surface area (TPSA) is 56.5 Å². The van der Waals surface area contributed by atoms with Crippen molar-refractivity contribution >= 4 is 39.7 Å². The van der Waals surface area contributed by atoms with Gasteiger partial charge in [-0.25, -0.2) is 0 Å². The Labute approximate surface area is 163 Å². The summed E-state index contributed by atoms with van der Waals surface area (Å²) in [5, 5.41) is 2.54. The van der Waals surface area contributed by atoms with Gasteiger partial charge in [-0.2, -0.15) is 0 Å². The van der Waals surface area contributed by atoms with E-state index < -0.39 is 0 Å². The maximum absolute atomic E-state index is 13.0. The Balaban J connectivity index is 1.82. The molecule has 27 heavy (non-hydrogen) atoms. The standard InChI is InChI=1S/C21H13ClO4S/c22-14-8-9-17-15(11-14)19(24)21(20(26-17)13-5-2-1-3-6-13)25-12-16(23)18-7-4-10-27-18/h1-11H,12H2. The number of ketones is 1. The van der Waals surface area contributed by atoms with Gasteiger partial charge in [0, 0.05) is 10.6 Å². The van der Waals surface area contributed by atoms with E-state index in [1.165, 1.54) is 17.4 Å². The number of halogens is 1. The van der Waals surface area contributed by atoms with Gasteiger partial charge in [0.1, 0.15) is 5.58 Å². The molecule has 0 amide bonds. The summed E-state index contributed by atoms with van der Waals surface area (Å²) in [5.41, 5.74) is 0.724. The van der Waals surface area contributed by atoms with Gasteiger partial charge in [0.15, 0.2) is 12.4 Å². The van der Waals surface area contributed by atoms with Crippen molar-refractivity contribution in [1.29, 1.82) is 0 Å². The van der Waals surface area contributed by atoms with Gasteiger partial charge in [0.05, 0.1) is 10.3 Å². The molecule has 0 bridgehead atoms. The Kier molecular flexibility index (Phi) is 4.79. The Morgan fingerprint density at radius 3 is 2.63 bits per heavy atom. The van der Waals surface area contributed by atoms with Gasteiger partial charge in [0.25, 0.3) is 0 Å². The summed E-state index contributed by atoms with van der Waals surface area (Å²) in [6.07, 6.45) is 0. The summed E-state index contributed by atoms with van der Waals surface area (Å²) in [6.45, 7) is -0.253. The van der Waals surface area contributed by atoms with E-state index in [4.69, 9.17) is 20.8 Å². The van der Waals surface area contributed by atoms with Crippen molar-refractivity contribution in [3.8, 4) is 17.1 Å². The number of Topliss-reactive ketones (excluding diaryl/α,β-unsaturated/α-hetero) is 1. The third-order valence-corrected chi connectivity index (χ3v) is 5.14. The van der Waals surface area contributed by atoms with Gasteiger partial charge in [-0.1, -0.05) is 48.0 Å². The van der Waals surface area contributed by atoms with Crippen LogP contribution in [0.4, 0.5) is 0 Å². The quantitative estimate of drug-likeness (QED) is 0.422. The van der Waals surface area contributed by atoms with Crippen molar-refractivity contribution < 1.29 is 13.9 Å². The molecule has 0 radical (unpaired) electrons. The van der Waals surface area contributed by atoms with Crippen LogP contribution < -0.4 is 10.2 Å². The highest BCUT2D eigenvalue weighted by Crippen LogP contribution is 2.31. The molecule has 6 heteroatoms. The van der Waals surface area contributed by atoms with E-state index in [1.54, 1.807) is 24.3 Å². The van der Waals surface area contributed by atoms with Crippen LogP contribution in [0.15, 0.2) is 75.3 Å². The van der Waals surface area contributed by atoms with E-state index in [0.717, 1.165) is 0 Å². The van der Waals surface area contributed by atoms with E-state index in [0.29, 0.717) is 26.4 Å². The summed E-state index contributed by atoms with van der Waals surface area (Å²) in [7, 11) is 0. The molecule has 0 fully saturated rings. The number of thiophene rings is 1. The lowest BCUT2D eigenvalue weighted by molar-refractivity contribution is 0.0924. The van der Waals surface area contributed by atoms with Crippen LogP contribution in [0.3, 0.4) is 0 Å². The Hall–Kier alpha value is -2.89. The molecule has 2 heterocycles. The van der Waals surface area contributed by atoms with Gasteiger partial charge in [0.2, 0.25) is 17.0 Å². The van der Waals surface area contributed by atoms with Gasteiger partial charge in [-0.15, -0.1) is 11.3 Å². The van der Waals surface area contributed by atoms with Crippen LogP contribution in [-0.4, -0.2) is 12.4 Å². The molecule has 2 aromatic carbocycles. The maximum atomic E-state index is 13.0. The molecule has 0 saturated carbocycles. The van der Waals surface area contributed by atoms with Crippen molar-refractivity contribution in [2.45, 2.75) is 0 Å². The second kappa shape index (κ2) is 7.39. The van der Waals surface area contributed by atoms with E-state index in [2.05, 4.69) is 0 Å². The van der Waals surface area contributed by atoms with Gasteiger partial charge in [-0.3, -0.25) is 9.59 Å². The third-order valence-electron chi connectivity index (χ3n) is 3.99. The van der Waals surface area contributed by atoms with Crippen LogP contribution in [0.1, 0.15) is 9.67 Å². The summed E-state index contributed by atoms with van der Waals surface area (Å²) in [4.78, 5) is 25.9. The highest BCUT2D eigenvalue weighted by molar-refractivity contribution is 7.12. The first kappa shape index (κ1) is 17.5. The van der Waals surface area contributed by atoms with Crippen LogP contribution in [0.25, 0.3) is 22.3 Å². The molecule has 0 N–H and O–H groups in total. The fourth-order valence-corrected chi connectivity index (χ4v) is 3.53. The number of carbonyl (C=O) groups excluding carboxylic acids is 1. The molecule has 0 spiro atoms. The molecular formula is C21H13ClO4S. The molecular weight excluding hydrogens is 384 g/mol. The van der Waals surface area contributed by atoms with Crippen LogP contribution in [0, 0.1) is 0 Å². The van der Waals surface area contributed by atoms with E-state index in [9.17, 15) is 9.59 Å². The third kappa shape index (κ3) is 3.52. The Bertz CT molecular complexity index is 1160. The molecule has 134 valence electrons. The van der Waals surface area contributed by atoms with Crippen molar-refractivity contribution in [3.05, 3.63) is 86.2 Å². The van der Waals surface area contributed by atoms with E-state index >= 15 is 0 Å². The van der Waals surface area contributed by atoms with Crippen LogP contribution in [0.2, 0.25) is 5.02 Å². The highest BCUT2D eigenvalue weighted by atomic mass is 35.5. The molecule has 0 atom stereocenters. The van der Waals surface area contributed by atoms with Crippen molar-refractivity contribution in [2.75, 3.05) is 6.61 Å². The fourth-order valence-electron chi connectivity index (χ4n) is 2.71. The lowest BCUT2D eigenvalue weighted by Gasteiger charge is -2.11. The number of hydrogen-bond donors (Lipinski definition) is 0. The van der Waals surface area contributed by atoms with Crippen molar-refractivity contribution in [3.63, 3.8) is 0 Å². The summed E-state index contributed by atoms with van der Waals surface area (Å²) >= 11 is 7.35. The smallest absolute Gasteiger partial charge is 0.235 e.